The number of nitrogens with zero attached hydrogens (tertiary/aromatic N) is 2. The van der Waals surface area contributed by atoms with Crippen LogP contribution < -0.4 is 4.74 Å². The molecule has 0 saturated carbocycles. The molecule has 0 atom stereocenters. The van der Waals surface area contributed by atoms with Crippen LogP contribution in [0.25, 0.3) is 15.2 Å². The first-order chi connectivity index (χ1) is 9.24. The summed E-state index contributed by atoms with van der Waals surface area (Å²) in [5.74, 6) is 0.431. The summed E-state index contributed by atoms with van der Waals surface area (Å²) in [6, 6.07) is 5.72. The Bertz CT molecular complexity index is 760. The SMILES string of the molecule is CCOC(=O)c1cnc2sc3cc(OC)ccc3n12. The van der Waals surface area contributed by atoms with Gasteiger partial charge in [0.25, 0.3) is 0 Å². The second kappa shape index (κ2) is 4.55. The summed E-state index contributed by atoms with van der Waals surface area (Å²) in [6.45, 7) is 2.13. The first kappa shape index (κ1) is 12.0. The molecular formula is C13H12N2O3S. The number of ether oxygens (including phenoxy) is 2. The summed E-state index contributed by atoms with van der Waals surface area (Å²) in [6.07, 6.45) is 1.55. The van der Waals surface area contributed by atoms with Crippen LogP contribution in [-0.4, -0.2) is 29.1 Å². The van der Waals surface area contributed by atoms with Crippen LogP contribution in [0.4, 0.5) is 0 Å². The number of imidazole rings is 1. The zero-order valence-corrected chi connectivity index (χ0v) is 11.4. The smallest absolute Gasteiger partial charge is 0.357 e. The fourth-order valence-electron chi connectivity index (χ4n) is 1.97. The standard InChI is InChI=1S/C13H12N2O3S/c1-3-18-12(16)10-7-14-13-15(10)9-5-4-8(17-2)6-11(9)19-13/h4-7H,3H2,1-2H3. The van der Waals surface area contributed by atoms with Crippen molar-refractivity contribution >= 4 is 32.5 Å². The number of fused-ring (bicyclic) bond motifs is 3. The van der Waals surface area contributed by atoms with Gasteiger partial charge in [0, 0.05) is 0 Å². The average molecular weight is 276 g/mol. The van der Waals surface area contributed by atoms with Crippen molar-refractivity contribution in [2.24, 2.45) is 0 Å². The molecule has 0 unspecified atom stereocenters. The minimum atomic E-state index is -0.356. The number of methoxy groups -OCH3 is 1. The van der Waals surface area contributed by atoms with E-state index in [-0.39, 0.29) is 5.97 Å². The number of hydrogen-bond donors (Lipinski definition) is 0. The summed E-state index contributed by atoms with van der Waals surface area (Å²) in [7, 11) is 1.63. The van der Waals surface area contributed by atoms with Gasteiger partial charge in [0.1, 0.15) is 5.75 Å². The normalized spacial score (nSPS) is 11.1. The van der Waals surface area contributed by atoms with Crippen LogP contribution in [0.2, 0.25) is 0 Å². The fraction of sp³-hybridized carbons (Fsp3) is 0.231. The lowest BCUT2D eigenvalue weighted by atomic mass is 10.3. The van der Waals surface area contributed by atoms with Gasteiger partial charge >= 0.3 is 5.97 Å². The van der Waals surface area contributed by atoms with Crippen LogP contribution in [0.1, 0.15) is 17.4 Å². The molecule has 3 rings (SSSR count). The van der Waals surface area contributed by atoms with Crippen LogP contribution in [0.5, 0.6) is 5.75 Å². The summed E-state index contributed by atoms with van der Waals surface area (Å²) < 4.78 is 13.1. The third kappa shape index (κ3) is 1.84. The van der Waals surface area contributed by atoms with E-state index in [1.165, 1.54) is 11.3 Å². The van der Waals surface area contributed by atoms with Gasteiger partial charge in [-0.15, -0.1) is 0 Å². The van der Waals surface area contributed by atoms with E-state index < -0.39 is 0 Å². The van der Waals surface area contributed by atoms with Crippen LogP contribution >= 0.6 is 11.3 Å². The minimum Gasteiger partial charge on any atom is -0.497 e. The minimum absolute atomic E-state index is 0.349. The molecule has 0 saturated heterocycles. The van der Waals surface area contributed by atoms with Crippen molar-refractivity contribution in [3.63, 3.8) is 0 Å². The molecule has 19 heavy (non-hydrogen) atoms. The molecule has 0 aliphatic heterocycles. The van der Waals surface area contributed by atoms with Crippen molar-refractivity contribution in [3.05, 3.63) is 30.1 Å². The van der Waals surface area contributed by atoms with E-state index in [1.807, 2.05) is 22.6 Å². The zero-order chi connectivity index (χ0) is 13.4. The molecule has 3 aromatic rings. The highest BCUT2D eigenvalue weighted by molar-refractivity contribution is 7.23. The topological polar surface area (TPSA) is 52.8 Å². The summed E-state index contributed by atoms with van der Waals surface area (Å²) in [5, 5.41) is 0. The first-order valence-corrected chi connectivity index (χ1v) is 6.67. The van der Waals surface area contributed by atoms with Crippen LogP contribution in [-0.2, 0) is 4.74 Å². The maximum atomic E-state index is 11.9. The Hall–Kier alpha value is -2.08. The number of thiazole rings is 1. The predicted molar refractivity (Wildman–Crippen MR) is 73.1 cm³/mol. The molecule has 5 nitrogen and oxygen atoms in total. The van der Waals surface area contributed by atoms with Gasteiger partial charge in [-0.1, -0.05) is 11.3 Å². The molecule has 0 fully saturated rings. The molecular weight excluding hydrogens is 264 g/mol. The third-order valence-corrected chi connectivity index (χ3v) is 3.84. The number of aromatic nitrogens is 2. The van der Waals surface area contributed by atoms with Gasteiger partial charge in [0.2, 0.25) is 0 Å². The van der Waals surface area contributed by atoms with E-state index in [0.29, 0.717) is 12.3 Å². The molecule has 0 spiro atoms. The van der Waals surface area contributed by atoms with Crippen molar-refractivity contribution < 1.29 is 14.3 Å². The molecule has 0 aliphatic rings. The Balaban J connectivity index is 2.23. The van der Waals surface area contributed by atoms with E-state index >= 15 is 0 Å². The molecule has 2 heterocycles. The Morgan fingerprint density at radius 1 is 1.47 bits per heavy atom. The van der Waals surface area contributed by atoms with Gasteiger partial charge in [0.15, 0.2) is 10.7 Å². The number of rotatable bonds is 3. The van der Waals surface area contributed by atoms with Crippen molar-refractivity contribution in [1.82, 2.24) is 9.38 Å². The molecule has 1 aromatic carbocycles. The number of hydrogen-bond acceptors (Lipinski definition) is 5. The Kier molecular flexibility index (Phi) is 2.87. The molecule has 98 valence electrons. The van der Waals surface area contributed by atoms with Gasteiger partial charge in [-0.05, 0) is 25.1 Å². The van der Waals surface area contributed by atoms with Gasteiger partial charge in [-0.3, -0.25) is 4.40 Å². The molecule has 6 heteroatoms. The number of carbonyl (C=O) groups excluding carboxylic acids is 1. The summed E-state index contributed by atoms with van der Waals surface area (Å²) >= 11 is 1.51. The van der Waals surface area contributed by atoms with Gasteiger partial charge in [-0.25, -0.2) is 9.78 Å². The van der Waals surface area contributed by atoms with Gasteiger partial charge in [0.05, 0.1) is 30.1 Å². The lowest BCUT2D eigenvalue weighted by Gasteiger charge is -2.01. The summed E-state index contributed by atoms with van der Waals surface area (Å²) in [5.41, 5.74) is 1.38. The average Bonchev–Trinajstić information content (AvgIpc) is 2.96. The van der Waals surface area contributed by atoms with Crippen molar-refractivity contribution in [3.8, 4) is 5.75 Å². The van der Waals surface area contributed by atoms with Crippen molar-refractivity contribution in [2.45, 2.75) is 6.92 Å². The molecule has 0 aliphatic carbocycles. The number of carbonyl (C=O) groups is 1. The van der Waals surface area contributed by atoms with Crippen LogP contribution in [0, 0.1) is 0 Å². The maximum absolute atomic E-state index is 11.9. The zero-order valence-electron chi connectivity index (χ0n) is 10.5. The van der Waals surface area contributed by atoms with Crippen molar-refractivity contribution in [1.29, 1.82) is 0 Å². The van der Waals surface area contributed by atoms with E-state index in [1.54, 1.807) is 20.2 Å². The quantitative estimate of drug-likeness (QED) is 0.690. The van der Waals surface area contributed by atoms with Crippen LogP contribution in [0.3, 0.4) is 0 Å². The van der Waals surface area contributed by atoms with E-state index in [4.69, 9.17) is 9.47 Å². The maximum Gasteiger partial charge on any atom is 0.357 e. The lowest BCUT2D eigenvalue weighted by Crippen LogP contribution is -2.07. The predicted octanol–water partition coefficient (Wildman–Crippen LogP) is 2.73. The summed E-state index contributed by atoms with van der Waals surface area (Å²) in [4.78, 5) is 16.9. The Morgan fingerprint density at radius 2 is 2.32 bits per heavy atom. The highest BCUT2D eigenvalue weighted by atomic mass is 32.1. The van der Waals surface area contributed by atoms with Crippen molar-refractivity contribution in [2.75, 3.05) is 13.7 Å². The monoisotopic (exact) mass is 276 g/mol. The largest absolute Gasteiger partial charge is 0.497 e. The first-order valence-electron chi connectivity index (χ1n) is 5.85. The molecule has 0 bridgehead atoms. The number of esters is 1. The lowest BCUT2D eigenvalue weighted by molar-refractivity contribution is 0.0519. The fourth-order valence-corrected chi connectivity index (χ4v) is 3.00. The van der Waals surface area contributed by atoms with Crippen LogP contribution in [0.15, 0.2) is 24.4 Å². The highest BCUT2D eigenvalue weighted by Crippen LogP contribution is 2.30. The molecule has 0 amide bonds. The van der Waals surface area contributed by atoms with E-state index in [2.05, 4.69) is 4.98 Å². The third-order valence-electron chi connectivity index (χ3n) is 2.82. The number of benzene rings is 1. The van der Waals surface area contributed by atoms with E-state index in [0.717, 1.165) is 20.9 Å². The van der Waals surface area contributed by atoms with Gasteiger partial charge < -0.3 is 9.47 Å². The highest BCUT2D eigenvalue weighted by Gasteiger charge is 2.17. The second-order valence-electron chi connectivity index (χ2n) is 3.92. The molecule has 0 N–H and O–H groups in total. The second-order valence-corrected chi connectivity index (χ2v) is 4.93. The Morgan fingerprint density at radius 3 is 3.05 bits per heavy atom. The van der Waals surface area contributed by atoms with E-state index in [9.17, 15) is 4.79 Å². The Labute approximate surface area is 113 Å². The van der Waals surface area contributed by atoms with Gasteiger partial charge in [-0.2, -0.15) is 0 Å². The molecule has 2 aromatic heterocycles. The molecule has 0 radical (unpaired) electrons.